The molecule has 6 heteroatoms. The molecular formula is C16H23NO5. The molecule has 1 aliphatic heterocycles. The van der Waals surface area contributed by atoms with Gasteiger partial charge in [-0.05, 0) is 38.0 Å². The second kappa shape index (κ2) is 4.31. The lowest BCUT2D eigenvalue weighted by atomic mass is 9.43. The van der Waals surface area contributed by atoms with Crippen LogP contribution >= 0.6 is 0 Å². The topological polar surface area (TPSA) is 85.2 Å². The van der Waals surface area contributed by atoms with E-state index >= 15 is 0 Å². The van der Waals surface area contributed by atoms with Crippen LogP contribution in [0.15, 0.2) is 4.99 Å². The Kier molecular flexibility index (Phi) is 3.03. The molecule has 0 aromatic rings. The van der Waals surface area contributed by atoms with Crippen LogP contribution in [-0.2, 0) is 19.1 Å². The third kappa shape index (κ3) is 1.73. The summed E-state index contributed by atoms with van der Waals surface area (Å²) in [7, 11) is 1.17. The number of carbonyl (C=O) groups excluding carboxylic acids is 2. The maximum Gasteiger partial charge on any atom is 0.340 e. The van der Waals surface area contributed by atoms with Crippen LogP contribution in [0.5, 0.6) is 0 Å². The van der Waals surface area contributed by atoms with Crippen molar-refractivity contribution < 1.29 is 24.2 Å². The van der Waals surface area contributed by atoms with Crippen molar-refractivity contribution in [1.29, 1.82) is 0 Å². The molecule has 1 heterocycles. The normalized spacial score (nSPS) is 41.3. The fourth-order valence-corrected chi connectivity index (χ4v) is 4.39. The zero-order valence-corrected chi connectivity index (χ0v) is 13.7. The Balaban J connectivity index is 1.98. The van der Waals surface area contributed by atoms with E-state index in [0.29, 0.717) is 5.92 Å². The van der Waals surface area contributed by atoms with Crippen LogP contribution in [0.3, 0.4) is 0 Å². The average Bonchev–Trinajstić information content (AvgIpc) is 2.43. The first-order valence-electron chi connectivity index (χ1n) is 7.66. The molecule has 0 aromatic carbocycles. The first-order valence-corrected chi connectivity index (χ1v) is 7.66. The average molecular weight is 309 g/mol. The summed E-state index contributed by atoms with van der Waals surface area (Å²) in [4.78, 5) is 28.6. The van der Waals surface area contributed by atoms with Crippen LogP contribution in [0.1, 0.15) is 40.5 Å². The summed E-state index contributed by atoms with van der Waals surface area (Å²) >= 11 is 0. The minimum absolute atomic E-state index is 0.117. The summed E-state index contributed by atoms with van der Waals surface area (Å²) < 4.78 is 10.3. The summed E-state index contributed by atoms with van der Waals surface area (Å²) in [6.45, 7) is 7.52. The molecule has 2 bridgehead atoms. The number of methoxy groups -OCH3 is 1. The molecule has 1 N–H and O–H groups in total. The van der Waals surface area contributed by atoms with E-state index in [1.54, 1.807) is 0 Å². The van der Waals surface area contributed by atoms with Gasteiger partial charge in [0.05, 0.1) is 12.8 Å². The van der Waals surface area contributed by atoms with Gasteiger partial charge in [0.15, 0.2) is 17.2 Å². The Morgan fingerprint density at radius 3 is 2.64 bits per heavy atom. The van der Waals surface area contributed by atoms with Crippen molar-refractivity contribution in [2.75, 3.05) is 7.11 Å². The lowest BCUT2D eigenvalue weighted by Crippen LogP contribution is -2.69. The Hall–Kier alpha value is -1.43. The van der Waals surface area contributed by atoms with Crippen molar-refractivity contribution >= 4 is 17.7 Å². The predicted molar refractivity (Wildman–Crippen MR) is 78.4 cm³/mol. The molecule has 0 radical (unpaired) electrons. The van der Waals surface area contributed by atoms with Crippen molar-refractivity contribution in [1.82, 2.24) is 0 Å². The third-order valence-electron chi connectivity index (χ3n) is 6.10. The van der Waals surface area contributed by atoms with Crippen LogP contribution in [0, 0.1) is 17.3 Å². The molecule has 0 unspecified atom stereocenters. The number of rotatable bonds is 2. The number of aliphatic hydroxyl groups is 1. The van der Waals surface area contributed by atoms with E-state index in [0.717, 1.165) is 18.6 Å². The Labute approximate surface area is 129 Å². The van der Waals surface area contributed by atoms with Gasteiger partial charge in [0.2, 0.25) is 0 Å². The summed E-state index contributed by atoms with van der Waals surface area (Å²) in [5, 5.41) is 10.3. The van der Waals surface area contributed by atoms with Gasteiger partial charge in [-0.3, -0.25) is 4.99 Å². The molecule has 0 amide bonds. The van der Waals surface area contributed by atoms with E-state index in [1.165, 1.54) is 14.0 Å². The van der Waals surface area contributed by atoms with E-state index in [-0.39, 0.29) is 11.3 Å². The monoisotopic (exact) mass is 309 g/mol. The molecular weight excluding hydrogens is 286 g/mol. The number of carbonyl (C=O) groups is 2. The molecule has 22 heavy (non-hydrogen) atoms. The van der Waals surface area contributed by atoms with E-state index in [9.17, 15) is 14.7 Å². The molecule has 0 aromatic heterocycles. The summed E-state index contributed by atoms with van der Waals surface area (Å²) in [6.07, 6.45) is 1.76. The largest absolute Gasteiger partial charge is 0.467 e. The zero-order chi connectivity index (χ0) is 16.5. The minimum Gasteiger partial charge on any atom is -0.467 e. The second-order valence-electron chi connectivity index (χ2n) is 7.66. The number of aliphatic imine (C=N–C) groups is 1. The molecule has 6 nitrogen and oxygen atoms in total. The van der Waals surface area contributed by atoms with Gasteiger partial charge in [0.25, 0.3) is 0 Å². The Morgan fingerprint density at radius 2 is 2.09 bits per heavy atom. The fraction of sp³-hybridized carbons (Fsp3) is 0.812. The van der Waals surface area contributed by atoms with Gasteiger partial charge < -0.3 is 14.6 Å². The van der Waals surface area contributed by atoms with Gasteiger partial charge in [-0.25, -0.2) is 9.59 Å². The molecule has 0 saturated heterocycles. The van der Waals surface area contributed by atoms with Gasteiger partial charge in [0.1, 0.15) is 0 Å². The van der Waals surface area contributed by atoms with E-state index in [2.05, 4.69) is 23.6 Å². The quantitative estimate of drug-likeness (QED) is 0.772. The number of hydrogen-bond donors (Lipinski definition) is 1. The molecule has 3 aliphatic carbocycles. The van der Waals surface area contributed by atoms with Gasteiger partial charge in [0, 0.05) is 5.92 Å². The molecule has 4 aliphatic rings. The first kappa shape index (κ1) is 15.5. The highest BCUT2D eigenvalue weighted by atomic mass is 16.6. The van der Waals surface area contributed by atoms with Crippen molar-refractivity contribution in [3.8, 4) is 0 Å². The van der Waals surface area contributed by atoms with E-state index in [4.69, 9.17) is 4.74 Å². The molecule has 3 saturated carbocycles. The molecule has 0 spiro atoms. The van der Waals surface area contributed by atoms with Crippen LogP contribution in [-0.4, -0.2) is 47.1 Å². The highest BCUT2D eigenvalue weighted by Gasteiger charge is 2.66. The van der Waals surface area contributed by atoms with Crippen LogP contribution in [0.25, 0.3) is 0 Å². The lowest BCUT2D eigenvalue weighted by Gasteiger charge is -2.64. The predicted octanol–water partition coefficient (Wildman–Crippen LogP) is 1.10. The van der Waals surface area contributed by atoms with Gasteiger partial charge >= 0.3 is 11.9 Å². The van der Waals surface area contributed by atoms with Gasteiger partial charge in [-0.1, -0.05) is 13.8 Å². The first-order chi connectivity index (χ1) is 10.0. The molecule has 3 fully saturated rings. The summed E-state index contributed by atoms with van der Waals surface area (Å²) in [6, 6.07) is -1.26. The summed E-state index contributed by atoms with van der Waals surface area (Å²) in [5.41, 5.74) is -1.84. The second-order valence-corrected chi connectivity index (χ2v) is 7.66. The fourth-order valence-electron chi connectivity index (χ4n) is 4.39. The standard InChI is InChI=1S/C16H23NO5/c1-14(2)8-6-9(14)16(4)10(7-8)17-11(12(18)22-16)15(3,20)13(19)21-5/h8-9,11,20H,6-7H2,1-5H3/t8-,9-,11+,15-,16+/m0/s1. The van der Waals surface area contributed by atoms with Crippen LogP contribution < -0.4 is 0 Å². The number of ether oxygens (including phenoxy) is 2. The maximum absolute atomic E-state index is 12.4. The number of nitrogens with zero attached hydrogens (tertiary/aromatic N) is 1. The highest BCUT2D eigenvalue weighted by molar-refractivity contribution is 6.02. The molecule has 122 valence electrons. The number of hydrogen-bond acceptors (Lipinski definition) is 6. The van der Waals surface area contributed by atoms with Crippen molar-refractivity contribution in [2.45, 2.75) is 57.8 Å². The third-order valence-corrected chi connectivity index (χ3v) is 6.10. The zero-order valence-electron chi connectivity index (χ0n) is 13.7. The maximum atomic E-state index is 12.4. The highest BCUT2D eigenvalue weighted by Crippen LogP contribution is 2.63. The van der Waals surface area contributed by atoms with Gasteiger partial charge in [-0.15, -0.1) is 0 Å². The summed E-state index contributed by atoms with van der Waals surface area (Å²) in [5.74, 6) is -0.818. The van der Waals surface area contributed by atoms with Crippen LogP contribution in [0.2, 0.25) is 0 Å². The van der Waals surface area contributed by atoms with E-state index in [1.807, 2.05) is 6.92 Å². The smallest absolute Gasteiger partial charge is 0.340 e. The van der Waals surface area contributed by atoms with Crippen molar-refractivity contribution in [3.63, 3.8) is 0 Å². The molecule has 4 rings (SSSR count). The minimum atomic E-state index is -2.02. The lowest BCUT2D eigenvalue weighted by molar-refractivity contribution is -0.196. The van der Waals surface area contributed by atoms with Crippen molar-refractivity contribution in [2.24, 2.45) is 22.2 Å². The van der Waals surface area contributed by atoms with Crippen LogP contribution in [0.4, 0.5) is 0 Å². The SMILES string of the molecule is COC(=O)[C@@](C)(O)[C@@H]1N=C2C[C@@H]3C[C@@H](C3(C)C)[C@@]2(C)OC1=O. The molecule has 5 atom stereocenters. The Morgan fingerprint density at radius 1 is 1.45 bits per heavy atom. The Bertz CT molecular complexity index is 579. The van der Waals surface area contributed by atoms with Crippen molar-refractivity contribution in [3.05, 3.63) is 0 Å². The van der Waals surface area contributed by atoms with E-state index < -0.39 is 29.2 Å². The van der Waals surface area contributed by atoms with Gasteiger partial charge in [-0.2, -0.15) is 0 Å². The number of esters is 2.